The molecule has 118 valence electrons. The van der Waals surface area contributed by atoms with E-state index in [-0.39, 0.29) is 24.4 Å². The number of hydrogen-bond donors (Lipinski definition) is 2. The third-order valence-electron chi connectivity index (χ3n) is 3.54. The van der Waals surface area contributed by atoms with Gasteiger partial charge in [0, 0.05) is 6.54 Å². The fourth-order valence-corrected chi connectivity index (χ4v) is 2.38. The number of carbonyl (C=O) groups excluding carboxylic acids is 1. The lowest BCUT2D eigenvalue weighted by atomic mass is 10.0. The van der Waals surface area contributed by atoms with Crippen molar-refractivity contribution in [2.45, 2.75) is 31.8 Å². The zero-order valence-corrected chi connectivity index (χ0v) is 13.3. The molecule has 1 aromatic carbocycles. The van der Waals surface area contributed by atoms with E-state index in [2.05, 4.69) is 10.6 Å². The van der Waals surface area contributed by atoms with Crippen molar-refractivity contribution in [1.29, 1.82) is 0 Å². The van der Waals surface area contributed by atoms with Gasteiger partial charge in [-0.25, -0.2) is 0 Å². The fourth-order valence-electron chi connectivity index (χ4n) is 2.38. The molecule has 6 heteroatoms. The molecule has 5 nitrogen and oxygen atoms in total. The number of piperidine rings is 1. The van der Waals surface area contributed by atoms with E-state index >= 15 is 0 Å². The van der Waals surface area contributed by atoms with Crippen molar-refractivity contribution < 1.29 is 14.3 Å². The van der Waals surface area contributed by atoms with Gasteiger partial charge in [0.2, 0.25) is 5.91 Å². The summed E-state index contributed by atoms with van der Waals surface area (Å²) < 4.78 is 10.4. The third kappa shape index (κ3) is 4.79. The van der Waals surface area contributed by atoms with Crippen molar-refractivity contribution in [2.24, 2.45) is 0 Å². The summed E-state index contributed by atoms with van der Waals surface area (Å²) >= 11 is 0. The second kappa shape index (κ2) is 8.74. The first kappa shape index (κ1) is 17.6. The first-order valence-electron chi connectivity index (χ1n) is 6.96. The van der Waals surface area contributed by atoms with Crippen molar-refractivity contribution in [1.82, 2.24) is 10.6 Å². The Bertz CT molecular complexity index is 462. The quantitative estimate of drug-likeness (QED) is 0.871. The van der Waals surface area contributed by atoms with E-state index in [0.717, 1.165) is 31.4 Å². The van der Waals surface area contributed by atoms with Gasteiger partial charge in [0.1, 0.15) is 0 Å². The lowest BCUT2D eigenvalue weighted by Gasteiger charge is -2.22. The molecule has 1 aliphatic rings. The van der Waals surface area contributed by atoms with Gasteiger partial charge >= 0.3 is 0 Å². The van der Waals surface area contributed by atoms with Crippen LogP contribution in [0.3, 0.4) is 0 Å². The minimum absolute atomic E-state index is 0. The first-order valence-corrected chi connectivity index (χ1v) is 6.96. The van der Waals surface area contributed by atoms with Crippen LogP contribution in [0.2, 0.25) is 0 Å². The van der Waals surface area contributed by atoms with Crippen molar-refractivity contribution in [3.8, 4) is 11.5 Å². The average Bonchev–Trinajstić information content (AvgIpc) is 2.53. The van der Waals surface area contributed by atoms with Gasteiger partial charge in [-0.05, 0) is 37.1 Å². The Morgan fingerprint density at radius 2 is 2.05 bits per heavy atom. The lowest BCUT2D eigenvalue weighted by Crippen LogP contribution is -2.46. The van der Waals surface area contributed by atoms with E-state index < -0.39 is 0 Å². The Kier molecular flexibility index (Phi) is 7.32. The molecule has 1 heterocycles. The molecule has 1 aromatic rings. The van der Waals surface area contributed by atoms with Crippen molar-refractivity contribution in [3.05, 3.63) is 23.8 Å². The summed E-state index contributed by atoms with van der Waals surface area (Å²) in [6, 6.07) is 5.60. The van der Waals surface area contributed by atoms with Gasteiger partial charge in [0.15, 0.2) is 11.5 Å². The predicted octanol–water partition coefficient (Wildman–Crippen LogP) is 1.88. The molecule has 1 fully saturated rings. The fraction of sp³-hybridized carbons (Fsp3) is 0.533. The molecule has 0 saturated carbocycles. The predicted molar refractivity (Wildman–Crippen MR) is 84.3 cm³/mol. The van der Waals surface area contributed by atoms with Crippen LogP contribution in [0.15, 0.2) is 18.2 Å². The van der Waals surface area contributed by atoms with Crippen LogP contribution in [-0.4, -0.2) is 32.7 Å². The van der Waals surface area contributed by atoms with Gasteiger partial charge < -0.3 is 20.1 Å². The Hall–Kier alpha value is -1.46. The van der Waals surface area contributed by atoms with E-state index in [1.54, 1.807) is 14.2 Å². The maximum Gasteiger partial charge on any atom is 0.237 e. The molecule has 1 amide bonds. The van der Waals surface area contributed by atoms with E-state index in [1.165, 1.54) is 0 Å². The Labute approximate surface area is 131 Å². The van der Waals surface area contributed by atoms with Crippen LogP contribution in [0.5, 0.6) is 11.5 Å². The van der Waals surface area contributed by atoms with Crippen LogP contribution in [0.4, 0.5) is 0 Å². The molecule has 0 aromatic heterocycles. The summed E-state index contributed by atoms with van der Waals surface area (Å²) in [5, 5.41) is 6.20. The molecule has 0 spiro atoms. The van der Waals surface area contributed by atoms with Gasteiger partial charge in [-0.15, -0.1) is 12.4 Å². The maximum atomic E-state index is 12.0. The number of nitrogens with one attached hydrogen (secondary N) is 2. The number of hydrogen-bond acceptors (Lipinski definition) is 4. The average molecular weight is 315 g/mol. The minimum Gasteiger partial charge on any atom is -0.493 e. The molecule has 1 saturated heterocycles. The van der Waals surface area contributed by atoms with Crippen LogP contribution < -0.4 is 20.1 Å². The van der Waals surface area contributed by atoms with Crippen LogP contribution in [-0.2, 0) is 11.3 Å². The van der Waals surface area contributed by atoms with Crippen LogP contribution >= 0.6 is 12.4 Å². The van der Waals surface area contributed by atoms with E-state index in [4.69, 9.17) is 9.47 Å². The Morgan fingerprint density at radius 3 is 2.67 bits per heavy atom. The third-order valence-corrected chi connectivity index (χ3v) is 3.54. The van der Waals surface area contributed by atoms with Crippen molar-refractivity contribution >= 4 is 18.3 Å². The first-order chi connectivity index (χ1) is 9.74. The number of carbonyl (C=O) groups is 1. The van der Waals surface area contributed by atoms with Gasteiger partial charge in [0.05, 0.1) is 20.3 Å². The highest BCUT2D eigenvalue weighted by atomic mass is 35.5. The Balaban J connectivity index is 0.00000220. The number of benzene rings is 1. The summed E-state index contributed by atoms with van der Waals surface area (Å²) in [5.41, 5.74) is 0.992. The van der Waals surface area contributed by atoms with Gasteiger partial charge in [-0.2, -0.15) is 0 Å². The highest BCUT2D eigenvalue weighted by Crippen LogP contribution is 2.27. The molecule has 1 atom stereocenters. The molecule has 0 radical (unpaired) electrons. The maximum absolute atomic E-state index is 12.0. The zero-order chi connectivity index (χ0) is 14.4. The van der Waals surface area contributed by atoms with E-state index in [9.17, 15) is 4.79 Å². The number of amides is 1. The second-order valence-electron chi connectivity index (χ2n) is 4.91. The van der Waals surface area contributed by atoms with E-state index in [1.807, 2.05) is 18.2 Å². The molecular weight excluding hydrogens is 292 g/mol. The van der Waals surface area contributed by atoms with E-state index in [0.29, 0.717) is 18.0 Å². The number of methoxy groups -OCH3 is 2. The smallest absolute Gasteiger partial charge is 0.237 e. The monoisotopic (exact) mass is 314 g/mol. The lowest BCUT2D eigenvalue weighted by molar-refractivity contribution is -0.123. The van der Waals surface area contributed by atoms with Crippen molar-refractivity contribution in [3.63, 3.8) is 0 Å². The molecule has 1 aliphatic heterocycles. The topological polar surface area (TPSA) is 59.6 Å². The zero-order valence-electron chi connectivity index (χ0n) is 12.5. The summed E-state index contributed by atoms with van der Waals surface area (Å²) in [6.07, 6.45) is 3.18. The van der Waals surface area contributed by atoms with Crippen LogP contribution in [0.1, 0.15) is 24.8 Å². The molecule has 0 bridgehead atoms. The highest BCUT2D eigenvalue weighted by molar-refractivity contribution is 5.85. The normalized spacial score (nSPS) is 17.5. The van der Waals surface area contributed by atoms with Gasteiger partial charge in [0.25, 0.3) is 0 Å². The number of ether oxygens (including phenoxy) is 2. The molecule has 0 aliphatic carbocycles. The van der Waals surface area contributed by atoms with Gasteiger partial charge in [-0.3, -0.25) is 4.79 Å². The molecular formula is C15H23ClN2O3. The molecule has 2 rings (SSSR count). The summed E-state index contributed by atoms with van der Waals surface area (Å²) in [7, 11) is 3.21. The minimum atomic E-state index is -0.0520. The Morgan fingerprint density at radius 1 is 1.29 bits per heavy atom. The number of halogens is 1. The molecule has 0 unspecified atom stereocenters. The largest absolute Gasteiger partial charge is 0.493 e. The summed E-state index contributed by atoms with van der Waals surface area (Å²) in [5.74, 6) is 1.44. The van der Waals surface area contributed by atoms with Gasteiger partial charge in [-0.1, -0.05) is 12.5 Å². The van der Waals surface area contributed by atoms with Crippen molar-refractivity contribution in [2.75, 3.05) is 20.8 Å². The van der Waals surface area contributed by atoms with Crippen LogP contribution in [0.25, 0.3) is 0 Å². The van der Waals surface area contributed by atoms with Crippen LogP contribution in [0, 0.1) is 0 Å². The molecule has 21 heavy (non-hydrogen) atoms. The highest BCUT2D eigenvalue weighted by Gasteiger charge is 2.19. The summed E-state index contributed by atoms with van der Waals surface area (Å²) in [4.78, 5) is 12.0. The summed E-state index contributed by atoms with van der Waals surface area (Å²) in [6.45, 7) is 1.42. The number of rotatable bonds is 5. The second-order valence-corrected chi connectivity index (χ2v) is 4.91. The SMILES string of the molecule is COc1ccc(CNC(=O)[C@H]2CCCCN2)cc1OC.Cl. The standard InChI is InChI=1S/C15H22N2O3.ClH/c1-19-13-7-6-11(9-14(13)20-2)10-17-15(18)12-5-3-4-8-16-12;/h6-7,9,12,16H,3-5,8,10H2,1-2H3,(H,17,18);1H/t12-;/m1./s1. The molecule has 2 N–H and O–H groups in total.